The van der Waals surface area contributed by atoms with Gasteiger partial charge in [0.15, 0.2) is 0 Å². The first kappa shape index (κ1) is 24.5. The molecule has 1 aliphatic rings. The lowest BCUT2D eigenvalue weighted by molar-refractivity contribution is -0.123. The molecule has 4 atom stereocenters. The Morgan fingerprint density at radius 1 is 1.22 bits per heavy atom. The van der Waals surface area contributed by atoms with E-state index in [0.717, 1.165) is 11.1 Å². The van der Waals surface area contributed by atoms with Crippen molar-refractivity contribution in [1.82, 2.24) is 10.6 Å². The molecule has 0 bridgehead atoms. The van der Waals surface area contributed by atoms with Crippen LogP contribution < -0.4 is 10.6 Å². The number of carbonyl (C=O) groups excluding carboxylic acids is 1. The first-order valence-corrected chi connectivity index (χ1v) is 11.7. The molecule has 2 aromatic rings. The molecule has 0 unspecified atom stereocenters. The Bertz CT molecular complexity index is 974. The fourth-order valence-corrected chi connectivity index (χ4v) is 5.08. The topological polar surface area (TPSA) is 85.2 Å². The van der Waals surface area contributed by atoms with Crippen molar-refractivity contribution < 1.29 is 9.90 Å². The molecule has 1 amide bonds. The van der Waals surface area contributed by atoms with E-state index in [4.69, 9.17) is 28.3 Å². The Morgan fingerprint density at radius 3 is 2.53 bits per heavy atom. The van der Waals surface area contributed by atoms with Crippen LogP contribution in [0, 0.1) is 17.2 Å². The highest BCUT2D eigenvalue weighted by Crippen LogP contribution is 2.50. The fourth-order valence-electron chi connectivity index (χ4n) is 4.75. The molecule has 1 fully saturated rings. The summed E-state index contributed by atoms with van der Waals surface area (Å²) in [7, 11) is 0. The molecule has 2 aromatic carbocycles. The van der Waals surface area contributed by atoms with Gasteiger partial charge in [0.2, 0.25) is 5.91 Å². The highest BCUT2D eigenvalue weighted by molar-refractivity contribution is 6.30. The molecule has 1 aliphatic heterocycles. The molecule has 5 nitrogen and oxygen atoms in total. The second-order valence-electron chi connectivity index (χ2n) is 8.72. The van der Waals surface area contributed by atoms with Gasteiger partial charge >= 0.3 is 0 Å². The Kier molecular flexibility index (Phi) is 8.19. The Labute approximate surface area is 199 Å². The molecule has 0 radical (unpaired) electrons. The Hall–Kier alpha value is -2.10. The number of halogens is 2. The molecular formula is C25H29Cl2N3O2. The minimum atomic E-state index is -1.00. The number of nitriles is 1. The van der Waals surface area contributed by atoms with Crippen LogP contribution in [0.1, 0.15) is 43.7 Å². The highest BCUT2D eigenvalue weighted by Gasteiger charge is 2.59. The molecule has 0 aliphatic carbocycles. The van der Waals surface area contributed by atoms with Crippen LogP contribution in [-0.2, 0) is 10.2 Å². The molecule has 3 N–H and O–H groups in total. The summed E-state index contributed by atoms with van der Waals surface area (Å²) in [5.74, 6) is -0.350. The average molecular weight is 474 g/mol. The summed E-state index contributed by atoms with van der Waals surface area (Å²) in [4.78, 5) is 13.3. The zero-order valence-electron chi connectivity index (χ0n) is 18.3. The zero-order valence-corrected chi connectivity index (χ0v) is 19.8. The number of nitrogens with zero attached hydrogens (tertiary/aromatic N) is 1. The Morgan fingerprint density at radius 2 is 1.94 bits per heavy atom. The second kappa shape index (κ2) is 10.7. The van der Waals surface area contributed by atoms with Crippen LogP contribution in [0.3, 0.4) is 0 Å². The number of benzene rings is 2. The lowest BCUT2D eigenvalue weighted by atomic mass is 9.64. The first-order chi connectivity index (χ1) is 15.3. The van der Waals surface area contributed by atoms with Crippen LogP contribution in [0.5, 0.6) is 0 Å². The van der Waals surface area contributed by atoms with Crippen molar-refractivity contribution in [3.8, 4) is 6.07 Å². The molecule has 3 rings (SSSR count). The maximum Gasteiger partial charge on any atom is 0.237 e. The third-order valence-corrected chi connectivity index (χ3v) is 6.58. The van der Waals surface area contributed by atoms with Gasteiger partial charge in [0.1, 0.15) is 5.41 Å². The molecule has 32 heavy (non-hydrogen) atoms. The number of amides is 1. The standard InChI is InChI=1S/C25H29Cl2N3O2/c1-16(2)13-21-25(15-28,18-7-9-19(26)10-8-18)22(17-5-3-6-20(27)14-17)23(30-21)24(32)29-11-4-12-31/h3,5-10,14,16,21-23,30-31H,4,11-13H2,1-2H3,(H,29,32)/t21-,22-,23+,25-/m0/s1. The molecule has 0 spiro atoms. The molecule has 1 saturated heterocycles. The lowest BCUT2D eigenvalue weighted by Gasteiger charge is -2.35. The van der Waals surface area contributed by atoms with E-state index in [1.807, 2.05) is 30.3 Å². The Balaban J connectivity index is 2.18. The molecule has 1 heterocycles. The maximum atomic E-state index is 13.3. The van der Waals surface area contributed by atoms with Crippen molar-refractivity contribution in [2.24, 2.45) is 5.92 Å². The van der Waals surface area contributed by atoms with Crippen molar-refractivity contribution in [3.63, 3.8) is 0 Å². The predicted molar refractivity (Wildman–Crippen MR) is 128 cm³/mol. The smallest absolute Gasteiger partial charge is 0.237 e. The van der Waals surface area contributed by atoms with E-state index in [-0.39, 0.29) is 18.6 Å². The van der Waals surface area contributed by atoms with Gasteiger partial charge in [0.05, 0.1) is 12.1 Å². The first-order valence-electron chi connectivity index (χ1n) is 10.9. The normalized spacial score (nSPS) is 25.0. The summed E-state index contributed by atoms with van der Waals surface area (Å²) in [6.45, 7) is 4.58. The number of hydrogen-bond acceptors (Lipinski definition) is 4. The van der Waals surface area contributed by atoms with Gasteiger partial charge in [-0.2, -0.15) is 5.26 Å². The van der Waals surface area contributed by atoms with E-state index in [9.17, 15) is 10.1 Å². The van der Waals surface area contributed by atoms with Gasteiger partial charge in [-0.15, -0.1) is 0 Å². The highest BCUT2D eigenvalue weighted by atomic mass is 35.5. The number of hydrogen-bond donors (Lipinski definition) is 3. The maximum absolute atomic E-state index is 13.3. The quantitative estimate of drug-likeness (QED) is 0.495. The van der Waals surface area contributed by atoms with E-state index in [2.05, 4.69) is 30.6 Å². The van der Waals surface area contributed by atoms with Crippen LogP contribution in [0.2, 0.25) is 10.0 Å². The van der Waals surface area contributed by atoms with Crippen LogP contribution >= 0.6 is 23.2 Å². The van der Waals surface area contributed by atoms with Crippen molar-refractivity contribution in [2.75, 3.05) is 13.2 Å². The molecule has 170 valence electrons. The number of aliphatic hydroxyl groups excluding tert-OH is 1. The average Bonchev–Trinajstić information content (AvgIpc) is 3.08. The monoisotopic (exact) mass is 473 g/mol. The summed E-state index contributed by atoms with van der Waals surface area (Å²) in [5.41, 5.74) is 0.645. The van der Waals surface area contributed by atoms with Gasteiger partial charge in [-0.1, -0.05) is 61.3 Å². The summed E-state index contributed by atoms with van der Waals surface area (Å²) in [6.07, 6.45) is 1.18. The van der Waals surface area contributed by atoms with E-state index < -0.39 is 17.4 Å². The van der Waals surface area contributed by atoms with Crippen molar-refractivity contribution in [3.05, 3.63) is 69.7 Å². The van der Waals surface area contributed by atoms with E-state index in [1.54, 1.807) is 18.2 Å². The zero-order chi connectivity index (χ0) is 23.3. The van der Waals surface area contributed by atoms with Gasteiger partial charge in [0, 0.05) is 35.2 Å². The SMILES string of the molecule is CC(C)C[C@@H]1N[C@@H](C(=O)NCCCO)[C@H](c2cccc(Cl)c2)[C@@]1(C#N)c1ccc(Cl)cc1. The minimum Gasteiger partial charge on any atom is -0.396 e. The number of rotatable bonds is 8. The molecular weight excluding hydrogens is 445 g/mol. The van der Waals surface area contributed by atoms with Crippen molar-refractivity contribution in [1.29, 1.82) is 5.26 Å². The molecule has 7 heteroatoms. The summed E-state index contributed by atoms with van der Waals surface area (Å²) in [5, 5.41) is 27.4. The second-order valence-corrected chi connectivity index (χ2v) is 9.59. The van der Waals surface area contributed by atoms with Crippen LogP contribution in [0.15, 0.2) is 48.5 Å². The van der Waals surface area contributed by atoms with Crippen molar-refractivity contribution >= 4 is 29.1 Å². The fraction of sp³-hybridized carbons (Fsp3) is 0.440. The van der Waals surface area contributed by atoms with Crippen molar-refractivity contribution in [2.45, 2.75) is 50.1 Å². The van der Waals surface area contributed by atoms with Crippen LogP contribution in [-0.4, -0.2) is 36.2 Å². The molecule has 0 aromatic heterocycles. The lowest BCUT2D eigenvalue weighted by Crippen LogP contribution is -2.45. The van der Waals surface area contributed by atoms with Crippen LogP contribution in [0.4, 0.5) is 0 Å². The van der Waals surface area contributed by atoms with Crippen LogP contribution in [0.25, 0.3) is 0 Å². The number of aliphatic hydroxyl groups is 1. The van der Waals surface area contributed by atoms with E-state index >= 15 is 0 Å². The largest absolute Gasteiger partial charge is 0.396 e. The number of carbonyl (C=O) groups is 1. The summed E-state index contributed by atoms with van der Waals surface area (Å²) < 4.78 is 0. The summed E-state index contributed by atoms with van der Waals surface area (Å²) in [6, 6.07) is 16.4. The number of nitrogens with one attached hydrogen (secondary N) is 2. The third-order valence-electron chi connectivity index (χ3n) is 6.09. The van der Waals surface area contributed by atoms with Gasteiger partial charge in [-0.3, -0.25) is 4.79 Å². The van der Waals surface area contributed by atoms with Gasteiger partial charge in [-0.25, -0.2) is 0 Å². The predicted octanol–water partition coefficient (Wildman–Crippen LogP) is 4.42. The molecule has 0 saturated carbocycles. The van der Waals surface area contributed by atoms with Gasteiger partial charge < -0.3 is 15.7 Å². The van der Waals surface area contributed by atoms with E-state index in [1.165, 1.54) is 0 Å². The van der Waals surface area contributed by atoms with Gasteiger partial charge in [0.25, 0.3) is 0 Å². The minimum absolute atomic E-state index is 0.00101. The summed E-state index contributed by atoms with van der Waals surface area (Å²) >= 11 is 12.5. The third kappa shape index (κ3) is 4.94. The van der Waals surface area contributed by atoms with E-state index in [0.29, 0.717) is 35.3 Å². The van der Waals surface area contributed by atoms with Gasteiger partial charge in [-0.05, 0) is 54.2 Å².